The van der Waals surface area contributed by atoms with Crippen LogP contribution in [-0.4, -0.2) is 39.5 Å². The molecule has 0 aliphatic heterocycles. The molecule has 10 heteroatoms. The quantitative estimate of drug-likeness (QED) is 0.299. The van der Waals surface area contributed by atoms with E-state index < -0.39 is 5.97 Å². The van der Waals surface area contributed by atoms with Gasteiger partial charge in [-0.25, -0.2) is 9.18 Å². The van der Waals surface area contributed by atoms with Gasteiger partial charge in [0.2, 0.25) is 5.91 Å². The van der Waals surface area contributed by atoms with Gasteiger partial charge < -0.3 is 14.6 Å². The Balaban J connectivity index is 1.48. The molecule has 0 fully saturated rings. The number of thioether (sulfide) groups is 1. The van der Waals surface area contributed by atoms with Crippen LogP contribution in [0.4, 0.5) is 9.39 Å². The average molecular weight is 483 g/mol. The summed E-state index contributed by atoms with van der Waals surface area (Å²) < 4.78 is 20.0. The summed E-state index contributed by atoms with van der Waals surface area (Å²) in [6.45, 7) is 0. The average Bonchev–Trinajstić information content (AvgIpc) is 3.41. The van der Waals surface area contributed by atoms with Gasteiger partial charge in [-0.3, -0.25) is 4.79 Å². The molecular formula is C23H19FN4O3S2. The van der Waals surface area contributed by atoms with Crippen LogP contribution >= 0.6 is 23.1 Å². The second-order valence-corrected chi connectivity index (χ2v) is 8.74. The van der Waals surface area contributed by atoms with Crippen LogP contribution in [0.2, 0.25) is 0 Å². The van der Waals surface area contributed by atoms with Crippen molar-refractivity contribution in [3.8, 4) is 22.5 Å². The smallest absolute Gasteiger partial charge is 0.341 e. The molecule has 0 saturated carbocycles. The van der Waals surface area contributed by atoms with Crippen molar-refractivity contribution >= 4 is 40.0 Å². The van der Waals surface area contributed by atoms with Crippen molar-refractivity contribution in [2.75, 3.05) is 18.2 Å². The highest BCUT2D eigenvalue weighted by Crippen LogP contribution is 2.36. The van der Waals surface area contributed by atoms with E-state index >= 15 is 0 Å². The third-order valence-corrected chi connectivity index (χ3v) is 6.70. The first-order valence-corrected chi connectivity index (χ1v) is 11.7. The second-order valence-electron chi connectivity index (χ2n) is 6.92. The molecule has 2 aromatic carbocycles. The van der Waals surface area contributed by atoms with E-state index in [1.54, 1.807) is 17.5 Å². The lowest BCUT2D eigenvalue weighted by Crippen LogP contribution is -2.16. The van der Waals surface area contributed by atoms with Crippen LogP contribution < -0.4 is 5.32 Å². The molecule has 33 heavy (non-hydrogen) atoms. The van der Waals surface area contributed by atoms with Crippen LogP contribution in [0, 0.1) is 5.82 Å². The van der Waals surface area contributed by atoms with Crippen molar-refractivity contribution in [3.63, 3.8) is 0 Å². The number of amides is 1. The number of halogens is 1. The molecule has 1 N–H and O–H groups in total. The first kappa shape index (κ1) is 22.7. The molecule has 4 rings (SSSR count). The number of nitrogens with one attached hydrogen (secondary N) is 1. The summed E-state index contributed by atoms with van der Waals surface area (Å²) in [5.74, 6) is -0.487. The first-order valence-electron chi connectivity index (χ1n) is 9.81. The summed E-state index contributed by atoms with van der Waals surface area (Å²) in [5.41, 5.74) is 2.38. The summed E-state index contributed by atoms with van der Waals surface area (Å²) in [4.78, 5) is 25.1. The summed E-state index contributed by atoms with van der Waals surface area (Å²) in [6, 6.07) is 15.4. The predicted molar refractivity (Wildman–Crippen MR) is 127 cm³/mol. The number of carbonyl (C=O) groups excluding carboxylic acids is 2. The number of aromatic nitrogens is 3. The maximum absolute atomic E-state index is 13.3. The molecule has 0 atom stereocenters. The zero-order valence-electron chi connectivity index (χ0n) is 17.7. The number of ether oxygens (including phenoxy) is 1. The van der Waals surface area contributed by atoms with Crippen molar-refractivity contribution < 1.29 is 18.7 Å². The standard InChI is InChI=1S/C23H19FN4O3S2/c1-28-20(15-6-4-3-5-7-15)26-27-23(28)33-13-18(29)25-21-19(22(30)31-2)17(12-32-21)14-8-10-16(24)11-9-14/h3-12H,13H2,1-2H3,(H,25,29). The number of hydrogen-bond acceptors (Lipinski definition) is 7. The number of benzene rings is 2. The predicted octanol–water partition coefficient (Wildman–Crippen LogP) is 4.87. The Morgan fingerprint density at radius 1 is 1.09 bits per heavy atom. The highest BCUT2D eigenvalue weighted by Gasteiger charge is 2.23. The van der Waals surface area contributed by atoms with Crippen LogP contribution in [-0.2, 0) is 16.6 Å². The summed E-state index contributed by atoms with van der Waals surface area (Å²) in [6.07, 6.45) is 0. The summed E-state index contributed by atoms with van der Waals surface area (Å²) in [7, 11) is 3.11. The van der Waals surface area contributed by atoms with Crippen LogP contribution in [0.15, 0.2) is 65.1 Å². The Bertz CT molecular complexity index is 1290. The van der Waals surface area contributed by atoms with Crippen LogP contribution in [0.25, 0.3) is 22.5 Å². The van der Waals surface area contributed by atoms with Crippen molar-refractivity contribution in [1.82, 2.24) is 14.8 Å². The minimum atomic E-state index is -0.584. The molecule has 0 aliphatic carbocycles. The van der Waals surface area contributed by atoms with Crippen molar-refractivity contribution in [2.24, 2.45) is 7.05 Å². The molecule has 1 amide bonds. The van der Waals surface area contributed by atoms with Crippen LogP contribution in [0.1, 0.15) is 10.4 Å². The third kappa shape index (κ3) is 4.96. The highest BCUT2D eigenvalue weighted by atomic mass is 32.2. The molecular weight excluding hydrogens is 463 g/mol. The molecule has 4 aromatic rings. The topological polar surface area (TPSA) is 86.1 Å². The van der Waals surface area contributed by atoms with Crippen molar-refractivity contribution in [1.29, 1.82) is 0 Å². The molecule has 0 saturated heterocycles. The van der Waals surface area contributed by atoms with E-state index in [1.165, 1.54) is 42.3 Å². The van der Waals surface area contributed by atoms with E-state index in [2.05, 4.69) is 15.5 Å². The zero-order valence-corrected chi connectivity index (χ0v) is 19.4. The van der Waals surface area contributed by atoms with Gasteiger partial charge in [0.25, 0.3) is 0 Å². The lowest BCUT2D eigenvalue weighted by Gasteiger charge is -2.08. The Morgan fingerprint density at radius 3 is 2.52 bits per heavy atom. The van der Waals surface area contributed by atoms with E-state index in [4.69, 9.17) is 4.74 Å². The maximum Gasteiger partial charge on any atom is 0.341 e. The molecule has 0 unspecified atom stereocenters. The Kier molecular flexibility index (Phi) is 6.85. The van der Waals surface area contributed by atoms with Gasteiger partial charge in [0.15, 0.2) is 11.0 Å². The lowest BCUT2D eigenvalue weighted by molar-refractivity contribution is -0.113. The van der Waals surface area contributed by atoms with Gasteiger partial charge in [-0.15, -0.1) is 21.5 Å². The van der Waals surface area contributed by atoms with Gasteiger partial charge in [0.05, 0.1) is 12.9 Å². The van der Waals surface area contributed by atoms with E-state index in [0.29, 0.717) is 27.1 Å². The maximum atomic E-state index is 13.3. The molecule has 0 bridgehead atoms. The number of nitrogens with zero attached hydrogens (tertiary/aromatic N) is 3. The number of rotatable bonds is 7. The summed E-state index contributed by atoms with van der Waals surface area (Å²) in [5, 5.41) is 13.9. The van der Waals surface area contributed by atoms with Gasteiger partial charge in [-0.05, 0) is 17.7 Å². The number of esters is 1. The van der Waals surface area contributed by atoms with Gasteiger partial charge >= 0.3 is 5.97 Å². The largest absolute Gasteiger partial charge is 0.465 e. The molecule has 2 aromatic heterocycles. The second kappa shape index (κ2) is 9.97. The van der Waals surface area contributed by atoms with E-state index in [1.807, 2.05) is 41.9 Å². The lowest BCUT2D eigenvalue weighted by atomic mass is 10.0. The fourth-order valence-corrected chi connectivity index (χ4v) is 4.85. The van der Waals surface area contributed by atoms with Crippen molar-refractivity contribution in [3.05, 3.63) is 71.4 Å². The molecule has 168 valence electrons. The van der Waals surface area contributed by atoms with Gasteiger partial charge in [-0.2, -0.15) is 0 Å². The monoisotopic (exact) mass is 482 g/mol. The molecule has 0 spiro atoms. The van der Waals surface area contributed by atoms with Crippen molar-refractivity contribution in [2.45, 2.75) is 5.16 Å². The fraction of sp³-hybridized carbons (Fsp3) is 0.130. The summed E-state index contributed by atoms with van der Waals surface area (Å²) >= 11 is 2.44. The number of methoxy groups -OCH3 is 1. The number of thiophene rings is 1. The van der Waals surface area contributed by atoms with Crippen LogP contribution in [0.5, 0.6) is 0 Å². The van der Waals surface area contributed by atoms with E-state index in [-0.39, 0.29) is 23.0 Å². The third-order valence-electron chi connectivity index (χ3n) is 4.79. The van der Waals surface area contributed by atoms with E-state index in [0.717, 1.165) is 5.56 Å². The minimum Gasteiger partial charge on any atom is -0.465 e. The molecule has 7 nitrogen and oxygen atoms in total. The fourth-order valence-electron chi connectivity index (χ4n) is 3.17. The number of anilines is 1. The van der Waals surface area contributed by atoms with Gasteiger partial charge in [0.1, 0.15) is 16.4 Å². The molecule has 2 heterocycles. The molecule has 0 radical (unpaired) electrons. The van der Waals surface area contributed by atoms with Crippen LogP contribution in [0.3, 0.4) is 0 Å². The number of hydrogen-bond donors (Lipinski definition) is 1. The molecule has 0 aliphatic rings. The minimum absolute atomic E-state index is 0.0746. The van der Waals surface area contributed by atoms with Gasteiger partial charge in [0, 0.05) is 23.6 Å². The highest BCUT2D eigenvalue weighted by molar-refractivity contribution is 7.99. The number of carbonyl (C=O) groups is 2. The Morgan fingerprint density at radius 2 is 1.82 bits per heavy atom. The Hall–Kier alpha value is -3.50. The normalized spacial score (nSPS) is 10.8. The van der Waals surface area contributed by atoms with Gasteiger partial charge in [-0.1, -0.05) is 54.2 Å². The van der Waals surface area contributed by atoms with E-state index in [9.17, 15) is 14.0 Å². The SMILES string of the molecule is COC(=O)c1c(-c2ccc(F)cc2)csc1NC(=O)CSc1nnc(-c2ccccc2)n1C. The zero-order chi connectivity index (χ0) is 23.4. The first-order chi connectivity index (χ1) is 16.0. The Labute approximate surface area is 197 Å².